The highest BCUT2D eigenvalue weighted by atomic mass is 19.3. The molecule has 1 heterocycles. The predicted octanol–water partition coefficient (Wildman–Crippen LogP) is 7.16. The second-order valence-electron chi connectivity index (χ2n) is 12.8. The first-order valence-electron chi connectivity index (χ1n) is 15.1. The normalized spacial score (nSPS) is 25.0. The maximum Gasteiger partial charge on any atom is 0.306 e. The third-order valence-electron chi connectivity index (χ3n) is 8.68. The van der Waals surface area contributed by atoms with Crippen LogP contribution in [-0.4, -0.2) is 57.0 Å². The zero-order chi connectivity index (χ0) is 31.4. The standard InChI is InChI=1S/C33H47F2N3O4/c1-20(2)13-14-37(19-29(40)30-22(4)10-8-9-21(3)15-23(30)5)18-28(39)27-17-36-38(31(27)33(7,34)35)26-12-11-25(16-26)24(6)32(41)42/h10,15,17,20,24-26H,8-9,11-14,16,18-19H2,1-7H3,(H,41,42)/b21-15+,22-10-,30-23+/t24-,25-,26+/m1/s1. The summed E-state index contributed by atoms with van der Waals surface area (Å²) in [6.45, 7) is 12.7. The number of halogens is 2. The van der Waals surface area contributed by atoms with E-state index >= 15 is 8.78 Å². The number of carboxylic acids is 1. The van der Waals surface area contributed by atoms with Crippen LogP contribution in [0.1, 0.15) is 109 Å². The molecule has 0 spiro atoms. The maximum absolute atomic E-state index is 15.0. The van der Waals surface area contributed by atoms with E-state index in [1.54, 1.807) is 11.8 Å². The molecule has 232 valence electrons. The second kappa shape index (κ2) is 14.0. The van der Waals surface area contributed by atoms with Gasteiger partial charge in [-0.1, -0.05) is 38.5 Å². The first-order valence-corrected chi connectivity index (χ1v) is 15.1. The van der Waals surface area contributed by atoms with Crippen LogP contribution in [0, 0.1) is 17.8 Å². The number of carbonyl (C=O) groups is 3. The molecular weight excluding hydrogens is 540 g/mol. The Morgan fingerprint density at radius 3 is 2.40 bits per heavy atom. The molecule has 3 rings (SSSR count). The maximum atomic E-state index is 15.0. The van der Waals surface area contributed by atoms with Crippen LogP contribution in [0.5, 0.6) is 0 Å². The first kappa shape index (κ1) is 33.6. The highest BCUT2D eigenvalue weighted by Gasteiger charge is 2.40. The van der Waals surface area contributed by atoms with Crippen LogP contribution in [0.25, 0.3) is 0 Å². The van der Waals surface area contributed by atoms with E-state index < -0.39 is 35.3 Å². The fourth-order valence-electron chi connectivity index (χ4n) is 6.26. The summed E-state index contributed by atoms with van der Waals surface area (Å²) in [5.74, 6) is -5.24. The van der Waals surface area contributed by atoms with Gasteiger partial charge in [0.05, 0.1) is 36.8 Å². The van der Waals surface area contributed by atoms with Crippen molar-refractivity contribution in [3.8, 4) is 0 Å². The van der Waals surface area contributed by atoms with Gasteiger partial charge < -0.3 is 5.11 Å². The Morgan fingerprint density at radius 2 is 1.79 bits per heavy atom. The summed E-state index contributed by atoms with van der Waals surface area (Å²) in [5, 5.41) is 13.7. The van der Waals surface area contributed by atoms with Crippen molar-refractivity contribution in [2.24, 2.45) is 17.8 Å². The summed E-state index contributed by atoms with van der Waals surface area (Å²) in [6.07, 6.45) is 9.39. The van der Waals surface area contributed by atoms with E-state index in [1.807, 2.05) is 26.8 Å². The van der Waals surface area contributed by atoms with Crippen molar-refractivity contribution in [2.45, 2.75) is 99.0 Å². The van der Waals surface area contributed by atoms with Gasteiger partial charge in [0.15, 0.2) is 11.6 Å². The Morgan fingerprint density at radius 1 is 1.12 bits per heavy atom. The molecule has 9 heteroatoms. The molecule has 0 aliphatic heterocycles. The number of aliphatic carboxylic acids is 1. The number of hydrogen-bond donors (Lipinski definition) is 1. The molecule has 2 aliphatic rings. The Labute approximate surface area is 248 Å². The van der Waals surface area contributed by atoms with E-state index in [-0.39, 0.29) is 30.4 Å². The molecule has 0 bridgehead atoms. The van der Waals surface area contributed by atoms with Crippen molar-refractivity contribution >= 4 is 17.5 Å². The van der Waals surface area contributed by atoms with Crippen molar-refractivity contribution in [1.82, 2.24) is 14.7 Å². The summed E-state index contributed by atoms with van der Waals surface area (Å²) >= 11 is 0. The van der Waals surface area contributed by atoms with Crippen LogP contribution in [0.2, 0.25) is 0 Å². The van der Waals surface area contributed by atoms with Gasteiger partial charge in [-0.2, -0.15) is 13.9 Å². The number of aromatic nitrogens is 2. The van der Waals surface area contributed by atoms with Gasteiger partial charge in [-0.25, -0.2) is 0 Å². The third kappa shape index (κ3) is 8.33. The van der Waals surface area contributed by atoms with E-state index in [9.17, 15) is 19.5 Å². The molecule has 0 amide bonds. The van der Waals surface area contributed by atoms with Gasteiger partial charge in [0.1, 0.15) is 5.69 Å². The van der Waals surface area contributed by atoms with Gasteiger partial charge in [-0.05, 0) is 88.8 Å². The highest BCUT2D eigenvalue weighted by molar-refractivity contribution is 6.03. The molecule has 7 nitrogen and oxygen atoms in total. The zero-order valence-corrected chi connectivity index (χ0v) is 26.2. The van der Waals surface area contributed by atoms with Crippen molar-refractivity contribution in [2.75, 3.05) is 19.6 Å². The summed E-state index contributed by atoms with van der Waals surface area (Å²) in [6, 6.07) is -0.404. The average Bonchev–Trinajstić information content (AvgIpc) is 3.53. The fraction of sp³-hybridized carbons (Fsp3) is 0.636. The van der Waals surface area contributed by atoms with Crippen molar-refractivity contribution in [1.29, 1.82) is 0 Å². The van der Waals surface area contributed by atoms with Crippen LogP contribution in [0.3, 0.4) is 0 Å². The lowest BCUT2D eigenvalue weighted by Gasteiger charge is -2.24. The molecule has 42 heavy (non-hydrogen) atoms. The van der Waals surface area contributed by atoms with Crippen LogP contribution < -0.4 is 0 Å². The molecule has 1 aromatic heterocycles. The van der Waals surface area contributed by atoms with Crippen LogP contribution in [0.15, 0.2) is 40.6 Å². The minimum atomic E-state index is -3.33. The van der Waals surface area contributed by atoms with Gasteiger partial charge in [0.2, 0.25) is 0 Å². The number of carboxylic acid groups (broad SMARTS) is 1. The minimum absolute atomic E-state index is 0.00652. The van der Waals surface area contributed by atoms with Crippen LogP contribution >= 0.6 is 0 Å². The Kier molecular flexibility index (Phi) is 11.2. The molecule has 1 N–H and O–H groups in total. The van der Waals surface area contributed by atoms with Crippen LogP contribution in [0.4, 0.5) is 8.78 Å². The molecule has 1 aromatic rings. The monoisotopic (exact) mass is 587 g/mol. The molecule has 0 aromatic carbocycles. The largest absolute Gasteiger partial charge is 0.481 e. The number of ketones is 2. The Bertz CT molecular complexity index is 1270. The summed E-state index contributed by atoms with van der Waals surface area (Å²) < 4.78 is 31.3. The SMILES string of the molecule is CC1=C/CC/C(C)=C/C(C)=C\1C(=O)CN(CCC(C)C)CC(=O)c1cnn([C@H]2CC[C@@H]([C@@H](C)C(=O)O)C2)c1C(C)(F)F. The van der Waals surface area contributed by atoms with E-state index in [0.29, 0.717) is 37.3 Å². The number of hydrogen-bond acceptors (Lipinski definition) is 5. The van der Waals surface area contributed by atoms with Gasteiger partial charge in [0.25, 0.3) is 5.92 Å². The molecule has 2 aliphatic carbocycles. The molecule has 1 saturated carbocycles. The zero-order valence-electron chi connectivity index (χ0n) is 26.2. The molecule has 1 fully saturated rings. The van der Waals surface area contributed by atoms with E-state index in [2.05, 4.69) is 25.0 Å². The highest BCUT2D eigenvalue weighted by Crippen LogP contribution is 2.42. The van der Waals surface area contributed by atoms with E-state index in [4.69, 9.17) is 0 Å². The minimum Gasteiger partial charge on any atom is -0.481 e. The molecule has 0 unspecified atom stereocenters. The first-order chi connectivity index (χ1) is 19.6. The van der Waals surface area contributed by atoms with Gasteiger partial charge >= 0.3 is 5.97 Å². The fourth-order valence-corrected chi connectivity index (χ4v) is 6.26. The predicted molar refractivity (Wildman–Crippen MR) is 160 cm³/mol. The second-order valence-corrected chi connectivity index (χ2v) is 12.8. The molecule has 0 saturated heterocycles. The lowest BCUT2D eigenvalue weighted by Crippen LogP contribution is -2.37. The number of allylic oxidation sites excluding steroid dienone is 5. The summed E-state index contributed by atoms with van der Waals surface area (Å²) in [7, 11) is 0. The number of alkyl halides is 2. The van der Waals surface area contributed by atoms with Crippen molar-refractivity contribution < 1.29 is 28.3 Å². The topological polar surface area (TPSA) is 92.5 Å². The van der Waals surface area contributed by atoms with Crippen molar-refractivity contribution in [3.05, 3.63) is 51.9 Å². The lowest BCUT2D eigenvalue weighted by atomic mass is 9.92. The number of rotatable bonds is 13. The van der Waals surface area contributed by atoms with E-state index in [1.165, 1.54) is 16.5 Å². The molecular formula is C33H47F2N3O4. The number of nitrogens with zero attached hydrogens (tertiary/aromatic N) is 3. The smallest absolute Gasteiger partial charge is 0.306 e. The van der Waals surface area contributed by atoms with Gasteiger partial charge in [-0.15, -0.1) is 0 Å². The van der Waals surface area contributed by atoms with Crippen LogP contribution in [-0.2, 0) is 15.5 Å². The van der Waals surface area contributed by atoms with Gasteiger partial charge in [-0.3, -0.25) is 24.0 Å². The van der Waals surface area contributed by atoms with Crippen molar-refractivity contribution in [3.63, 3.8) is 0 Å². The van der Waals surface area contributed by atoms with Gasteiger partial charge in [0, 0.05) is 12.5 Å². The Hall–Kier alpha value is -2.94. The number of carbonyl (C=O) groups excluding carboxylic acids is 2. The average molecular weight is 588 g/mol. The lowest BCUT2D eigenvalue weighted by molar-refractivity contribution is -0.142. The third-order valence-corrected chi connectivity index (χ3v) is 8.68. The molecule has 0 radical (unpaired) electrons. The summed E-state index contributed by atoms with van der Waals surface area (Å²) in [4.78, 5) is 40.5. The van der Waals surface area contributed by atoms with E-state index in [0.717, 1.165) is 37.3 Å². The number of Topliss-reactive ketones (excluding diaryl/α,β-unsaturated/α-hetero) is 2. The molecule has 3 atom stereocenters. The summed E-state index contributed by atoms with van der Waals surface area (Å²) in [5.41, 5.74) is 3.07. The quantitative estimate of drug-likeness (QED) is 0.246. The Balaban J connectivity index is 1.88.